The molecule has 1 heterocycles. The van der Waals surface area contributed by atoms with Crippen LogP contribution in [0.15, 0.2) is 60.8 Å². The van der Waals surface area contributed by atoms with Gasteiger partial charge < -0.3 is 14.2 Å². The minimum Gasteiger partial charge on any atom is -0.496 e. The highest BCUT2D eigenvalue weighted by Gasteiger charge is 2.23. The van der Waals surface area contributed by atoms with E-state index in [0.29, 0.717) is 22.8 Å². The average molecular weight is 381 g/mol. The number of rotatable bonds is 6. The van der Waals surface area contributed by atoms with Gasteiger partial charge >= 0.3 is 5.97 Å². The van der Waals surface area contributed by atoms with Crippen molar-refractivity contribution in [1.82, 2.24) is 4.98 Å². The number of ether oxygens (including phenoxy) is 3. The molecular weight excluding hydrogens is 361 g/mol. The molecule has 28 heavy (non-hydrogen) atoms. The molecule has 1 aromatic heterocycles. The molecule has 0 fully saturated rings. The Morgan fingerprint density at radius 3 is 2.29 bits per heavy atom. The molecule has 5 nitrogen and oxygen atoms in total. The van der Waals surface area contributed by atoms with Crippen molar-refractivity contribution < 1.29 is 23.4 Å². The number of nitrogens with zero attached hydrogens (tertiary/aromatic N) is 1. The number of hydrogen-bond donors (Lipinski definition) is 0. The van der Waals surface area contributed by atoms with Gasteiger partial charge in [0.25, 0.3) is 0 Å². The lowest BCUT2D eigenvalue weighted by molar-refractivity contribution is 0.0369. The number of halogens is 1. The maximum absolute atomic E-state index is 13.8. The average Bonchev–Trinajstić information content (AvgIpc) is 2.72. The van der Waals surface area contributed by atoms with E-state index in [1.54, 1.807) is 48.7 Å². The Hall–Kier alpha value is -3.41. The zero-order valence-corrected chi connectivity index (χ0v) is 15.8. The highest BCUT2D eigenvalue weighted by Crippen LogP contribution is 2.32. The number of aromatic nitrogens is 1. The molecule has 3 rings (SSSR count). The van der Waals surface area contributed by atoms with Crippen LogP contribution in [0.4, 0.5) is 4.39 Å². The number of carbonyl (C=O) groups excluding carboxylic acids is 1. The van der Waals surface area contributed by atoms with Crippen molar-refractivity contribution in [3.63, 3.8) is 0 Å². The van der Waals surface area contributed by atoms with Gasteiger partial charge in [-0.05, 0) is 43.3 Å². The van der Waals surface area contributed by atoms with Gasteiger partial charge in [0.05, 0.1) is 25.5 Å². The van der Waals surface area contributed by atoms with Gasteiger partial charge in [0.2, 0.25) is 0 Å². The van der Waals surface area contributed by atoms with E-state index in [1.807, 2.05) is 6.92 Å². The van der Waals surface area contributed by atoms with E-state index in [2.05, 4.69) is 4.98 Å². The van der Waals surface area contributed by atoms with Crippen LogP contribution in [0, 0.1) is 12.7 Å². The van der Waals surface area contributed by atoms with Crippen LogP contribution in [-0.4, -0.2) is 25.2 Å². The molecule has 1 atom stereocenters. The van der Waals surface area contributed by atoms with Crippen LogP contribution in [0.1, 0.15) is 33.3 Å². The van der Waals surface area contributed by atoms with E-state index >= 15 is 0 Å². The summed E-state index contributed by atoms with van der Waals surface area (Å²) < 4.78 is 30.1. The van der Waals surface area contributed by atoms with Crippen LogP contribution in [0.5, 0.6) is 11.5 Å². The van der Waals surface area contributed by atoms with Crippen molar-refractivity contribution in [3.05, 3.63) is 89.0 Å². The molecule has 0 saturated carbocycles. The van der Waals surface area contributed by atoms with E-state index in [1.165, 1.54) is 26.4 Å². The maximum Gasteiger partial charge on any atom is 0.339 e. The van der Waals surface area contributed by atoms with E-state index < -0.39 is 17.9 Å². The molecule has 3 aromatic rings. The van der Waals surface area contributed by atoms with Crippen molar-refractivity contribution in [2.45, 2.75) is 13.0 Å². The zero-order valence-electron chi connectivity index (χ0n) is 15.8. The van der Waals surface area contributed by atoms with Crippen molar-refractivity contribution in [1.29, 1.82) is 0 Å². The second kappa shape index (κ2) is 8.52. The number of esters is 1. The van der Waals surface area contributed by atoms with Crippen LogP contribution < -0.4 is 9.47 Å². The summed E-state index contributed by atoms with van der Waals surface area (Å²) in [5.41, 5.74) is 2.01. The maximum atomic E-state index is 13.8. The Morgan fingerprint density at radius 2 is 1.71 bits per heavy atom. The Kier molecular flexibility index (Phi) is 5.89. The molecule has 0 saturated heterocycles. The normalized spacial score (nSPS) is 11.6. The summed E-state index contributed by atoms with van der Waals surface area (Å²) in [6.45, 7) is 1.83. The van der Waals surface area contributed by atoms with Crippen LogP contribution in [0.3, 0.4) is 0 Å². The summed E-state index contributed by atoms with van der Waals surface area (Å²) in [5, 5.41) is 0. The monoisotopic (exact) mass is 381 g/mol. The van der Waals surface area contributed by atoms with Crippen molar-refractivity contribution in [2.75, 3.05) is 14.2 Å². The Bertz CT molecular complexity index is 950. The second-order valence-corrected chi connectivity index (χ2v) is 6.10. The molecule has 2 aromatic carbocycles. The van der Waals surface area contributed by atoms with E-state index in [4.69, 9.17) is 14.2 Å². The predicted octanol–water partition coefficient (Wildman–Crippen LogP) is 4.49. The first kappa shape index (κ1) is 19.4. The number of hydrogen-bond acceptors (Lipinski definition) is 5. The van der Waals surface area contributed by atoms with Gasteiger partial charge in [0, 0.05) is 17.3 Å². The van der Waals surface area contributed by atoms with Gasteiger partial charge in [0.1, 0.15) is 17.3 Å². The summed E-state index contributed by atoms with van der Waals surface area (Å²) in [6.07, 6.45) is 0.732. The minimum absolute atomic E-state index is 0.261. The van der Waals surface area contributed by atoms with E-state index in [-0.39, 0.29) is 5.56 Å². The summed E-state index contributed by atoms with van der Waals surface area (Å²) in [5.74, 6) is -0.0115. The van der Waals surface area contributed by atoms with Gasteiger partial charge in [-0.3, -0.25) is 4.98 Å². The predicted molar refractivity (Wildman–Crippen MR) is 102 cm³/mol. The van der Waals surface area contributed by atoms with Gasteiger partial charge in [-0.2, -0.15) is 0 Å². The molecular formula is C22H20FNO4. The van der Waals surface area contributed by atoms with Crippen molar-refractivity contribution in [2.24, 2.45) is 0 Å². The number of carbonyl (C=O) groups is 1. The van der Waals surface area contributed by atoms with Crippen molar-refractivity contribution in [3.8, 4) is 11.5 Å². The SMILES string of the molecule is COc1cc(C(=O)OC(c2cccc(F)c2)c2ccccn2)cc(OC)c1C. The van der Waals surface area contributed by atoms with Gasteiger partial charge in [-0.25, -0.2) is 9.18 Å². The summed E-state index contributed by atoms with van der Waals surface area (Å²) in [6, 6.07) is 14.3. The molecule has 0 bridgehead atoms. The third-order valence-corrected chi connectivity index (χ3v) is 4.32. The Labute approximate surface area is 162 Å². The van der Waals surface area contributed by atoms with Crippen LogP contribution >= 0.6 is 0 Å². The van der Waals surface area contributed by atoms with Crippen molar-refractivity contribution >= 4 is 5.97 Å². The summed E-state index contributed by atoms with van der Waals surface area (Å²) in [7, 11) is 3.03. The highest BCUT2D eigenvalue weighted by atomic mass is 19.1. The molecule has 0 aliphatic heterocycles. The molecule has 6 heteroatoms. The lowest BCUT2D eigenvalue weighted by Gasteiger charge is -2.19. The third-order valence-electron chi connectivity index (χ3n) is 4.32. The fourth-order valence-corrected chi connectivity index (χ4v) is 2.88. The first-order valence-corrected chi connectivity index (χ1v) is 8.63. The highest BCUT2D eigenvalue weighted by molar-refractivity contribution is 5.91. The number of pyridine rings is 1. The summed E-state index contributed by atoms with van der Waals surface area (Å²) in [4.78, 5) is 17.1. The topological polar surface area (TPSA) is 57.7 Å². The lowest BCUT2D eigenvalue weighted by Crippen LogP contribution is -2.15. The Balaban J connectivity index is 1.98. The molecule has 1 unspecified atom stereocenters. The molecule has 0 spiro atoms. The minimum atomic E-state index is -0.859. The lowest BCUT2D eigenvalue weighted by atomic mass is 10.1. The molecule has 144 valence electrons. The number of methoxy groups -OCH3 is 2. The van der Waals surface area contributed by atoms with Crippen LogP contribution in [-0.2, 0) is 4.74 Å². The third kappa shape index (κ3) is 4.11. The van der Waals surface area contributed by atoms with Crippen LogP contribution in [0.25, 0.3) is 0 Å². The van der Waals surface area contributed by atoms with Gasteiger partial charge in [0.15, 0.2) is 6.10 Å². The quantitative estimate of drug-likeness (QED) is 0.589. The first-order valence-electron chi connectivity index (χ1n) is 8.63. The molecule has 0 N–H and O–H groups in total. The Morgan fingerprint density at radius 1 is 1.00 bits per heavy atom. The largest absolute Gasteiger partial charge is 0.496 e. The molecule has 0 radical (unpaired) electrons. The van der Waals surface area contributed by atoms with Gasteiger partial charge in [-0.1, -0.05) is 18.2 Å². The number of benzene rings is 2. The molecule has 0 amide bonds. The fourth-order valence-electron chi connectivity index (χ4n) is 2.88. The second-order valence-electron chi connectivity index (χ2n) is 6.10. The van der Waals surface area contributed by atoms with Gasteiger partial charge in [-0.15, -0.1) is 0 Å². The smallest absolute Gasteiger partial charge is 0.339 e. The van der Waals surface area contributed by atoms with Crippen LogP contribution in [0.2, 0.25) is 0 Å². The fraction of sp³-hybridized carbons (Fsp3) is 0.182. The van der Waals surface area contributed by atoms with E-state index in [0.717, 1.165) is 5.56 Å². The molecule has 0 aliphatic rings. The van der Waals surface area contributed by atoms with E-state index in [9.17, 15) is 9.18 Å². The first-order chi connectivity index (χ1) is 13.5. The zero-order chi connectivity index (χ0) is 20.1. The standard InChI is InChI=1S/C22H20FNO4/c1-14-19(26-2)12-16(13-20(14)27-3)22(25)28-21(18-9-4-5-10-24-18)15-7-6-8-17(23)11-15/h4-13,21H,1-3H3. The molecule has 0 aliphatic carbocycles. The summed E-state index contributed by atoms with van der Waals surface area (Å²) >= 11 is 0.